The van der Waals surface area contributed by atoms with E-state index >= 15 is 0 Å². The monoisotopic (exact) mass is 267 g/mol. The van der Waals surface area contributed by atoms with Crippen molar-refractivity contribution < 1.29 is 9.59 Å². The summed E-state index contributed by atoms with van der Waals surface area (Å²) in [5.74, 6) is -0.124. The Kier molecular flexibility index (Phi) is 4.72. The smallest absolute Gasteiger partial charge is 0.252 e. The highest BCUT2D eigenvalue weighted by molar-refractivity contribution is 7.08. The van der Waals surface area contributed by atoms with E-state index in [1.807, 2.05) is 5.38 Å². The third-order valence-corrected chi connectivity index (χ3v) is 3.53. The molecule has 1 aliphatic heterocycles. The molecule has 1 aliphatic rings. The van der Waals surface area contributed by atoms with Crippen LogP contribution in [0.5, 0.6) is 0 Å². The molecule has 0 bridgehead atoms. The van der Waals surface area contributed by atoms with Gasteiger partial charge in [0.15, 0.2) is 0 Å². The molecule has 1 aromatic heterocycles. The fourth-order valence-electron chi connectivity index (χ4n) is 1.86. The topological polar surface area (TPSA) is 70.2 Å². The third-order valence-electron chi connectivity index (χ3n) is 2.85. The maximum absolute atomic E-state index is 11.6. The van der Waals surface area contributed by atoms with Crippen molar-refractivity contribution >= 4 is 23.2 Å². The minimum Gasteiger partial charge on any atom is -0.352 e. The zero-order valence-corrected chi connectivity index (χ0v) is 10.9. The number of hydrogen-bond acceptors (Lipinski definition) is 4. The number of hydrogen-bond donors (Lipinski definition) is 3. The molecule has 1 saturated heterocycles. The molecule has 1 atom stereocenters. The van der Waals surface area contributed by atoms with Crippen LogP contribution in [0.25, 0.3) is 0 Å². The second-order valence-corrected chi connectivity index (χ2v) is 5.06. The highest BCUT2D eigenvalue weighted by atomic mass is 32.1. The first-order valence-corrected chi connectivity index (χ1v) is 7.00. The van der Waals surface area contributed by atoms with E-state index in [0.29, 0.717) is 18.5 Å². The lowest BCUT2D eigenvalue weighted by atomic mass is 10.2. The first kappa shape index (κ1) is 13.0. The van der Waals surface area contributed by atoms with Gasteiger partial charge in [-0.2, -0.15) is 11.3 Å². The number of nitrogens with one attached hydrogen (secondary N) is 3. The molecule has 0 aromatic carbocycles. The molecule has 2 amide bonds. The molecule has 1 fully saturated rings. The molecule has 2 heterocycles. The lowest BCUT2D eigenvalue weighted by molar-refractivity contribution is -0.121. The highest BCUT2D eigenvalue weighted by Crippen LogP contribution is 2.05. The van der Waals surface area contributed by atoms with Gasteiger partial charge in [0.25, 0.3) is 5.91 Å². The Morgan fingerprint density at radius 3 is 3.06 bits per heavy atom. The summed E-state index contributed by atoms with van der Waals surface area (Å²) in [5, 5.41) is 12.5. The predicted octanol–water partition coefficient (Wildman–Crippen LogP) is 0.346. The Bertz CT molecular complexity index is 399. The molecule has 0 aliphatic carbocycles. The largest absolute Gasteiger partial charge is 0.352 e. The van der Waals surface area contributed by atoms with E-state index in [2.05, 4.69) is 16.0 Å². The minimum atomic E-state index is -0.119. The SMILES string of the molecule is O=C(CCNC(=O)c1ccsc1)NC1CCNC1. The molecule has 18 heavy (non-hydrogen) atoms. The van der Waals surface area contributed by atoms with Crippen LogP contribution in [-0.4, -0.2) is 37.5 Å². The van der Waals surface area contributed by atoms with Gasteiger partial charge in [0.05, 0.1) is 0 Å². The lowest BCUT2D eigenvalue weighted by Crippen LogP contribution is -2.38. The molecule has 0 spiro atoms. The number of carbonyl (C=O) groups is 2. The van der Waals surface area contributed by atoms with E-state index in [1.165, 1.54) is 11.3 Å². The summed E-state index contributed by atoms with van der Waals surface area (Å²) in [7, 11) is 0. The number of carbonyl (C=O) groups excluding carboxylic acids is 2. The van der Waals surface area contributed by atoms with Crippen molar-refractivity contribution in [2.45, 2.75) is 18.9 Å². The van der Waals surface area contributed by atoms with Gasteiger partial charge in [-0.15, -0.1) is 0 Å². The Morgan fingerprint density at radius 2 is 2.39 bits per heavy atom. The van der Waals surface area contributed by atoms with Gasteiger partial charge in [-0.3, -0.25) is 9.59 Å². The summed E-state index contributed by atoms with van der Waals surface area (Å²) in [6, 6.07) is 2.01. The van der Waals surface area contributed by atoms with Gasteiger partial charge in [-0.05, 0) is 24.4 Å². The molecule has 6 heteroatoms. The van der Waals surface area contributed by atoms with Gasteiger partial charge in [-0.1, -0.05) is 0 Å². The van der Waals surface area contributed by atoms with Crippen LogP contribution >= 0.6 is 11.3 Å². The lowest BCUT2D eigenvalue weighted by Gasteiger charge is -2.11. The highest BCUT2D eigenvalue weighted by Gasteiger charge is 2.16. The van der Waals surface area contributed by atoms with Crippen LogP contribution in [-0.2, 0) is 4.79 Å². The molecule has 2 rings (SSSR count). The van der Waals surface area contributed by atoms with Crippen molar-refractivity contribution in [2.75, 3.05) is 19.6 Å². The second kappa shape index (κ2) is 6.51. The Balaban J connectivity index is 1.62. The summed E-state index contributed by atoms with van der Waals surface area (Å²) in [5.41, 5.74) is 0.653. The molecule has 3 N–H and O–H groups in total. The normalized spacial score (nSPS) is 18.6. The average molecular weight is 267 g/mol. The number of rotatable bonds is 5. The molecule has 1 unspecified atom stereocenters. The zero-order chi connectivity index (χ0) is 12.8. The van der Waals surface area contributed by atoms with Crippen LogP contribution in [0.3, 0.4) is 0 Å². The van der Waals surface area contributed by atoms with Gasteiger partial charge < -0.3 is 16.0 Å². The summed E-state index contributed by atoms with van der Waals surface area (Å²) < 4.78 is 0. The molecule has 1 aromatic rings. The maximum Gasteiger partial charge on any atom is 0.252 e. The van der Waals surface area contributed by atoms with Gasteiger partial charge >= 0.3 is 0 Å². The van der Waals surface area contributed by atoms with Crippen molar-refractivity contribution in [2.24, 2.45) is 0 Å². The van der Waals surface area contributed by atoms with E-state index in [-0.39, 0.29) is 17.9 Å². The Labute approximate surface area is 110 Å². The van der Waals surface area contributed by atoms with E-state index in [1.54, 1.807) is 11.4 Å². The summed E-state index contributed by atoms with van der Waals surface area (Å²) in [6.07, 6.45) is 1.30. The van der Waals surface area contributed by atoms with Crippen LogP contribution in [0.15, 0.2) is 16.8 Å². The Hall–Kier alpha value is -1.40. The zero-order valence-electron chi connectivity index (χ0n) is 10.1. The minimum absolute atomic E-state index is 0.00526. The second-order valence-electron chi connectivity index (χ2n) is 4.28. The molecular weight excluding hydrogens is 250 g/mol. The van der Waals surface area contributed by atoms with Crippen LogP contribution in [0.4, 0.5) is 0 Å². The first-order chi connectivity index (χ1) is 8.75. The van der Waals surface area contributed by atoms with E-state index < -0.39 is 0 Å². The van der Waals surface area contributed by atoms with Crippen LogP contribution in [0.1, 0.15) is 23.2 Å². The summed E-state index contributed by atoms with van der Waals surface area (Å²) in [6.45, 7) is 2.17. The van der Waals surface area contributed by atoms with Gasteiger partial charge in [0.1, 0.15) is 0 Å². The van der Waals surface area contributed by atoms with Crippen molar-refractivity contribution in [3.05, 3.63) is 22.4 Å². The quantitative estimate of drug-likeness (QED) is 0.721. The maximum atomic E-state index is 11.6. The number of thiophene rings is 1. The molecular formula is C12H17N3O2S. The van der Waals surface area contributed by atoms with Crippen LogP contribution in [0, 0.1) is 0 Å². The number of amides is 2. The first-order valence-electron chi connectivity index (χ1n) is 6.06. The predicted molar refractivity (Wildman–Crippen MR) is 70.7 cm³/mol. The van der Waals surface area contributed by atoms with E-state index in [9.17, 15) is 9.59 Å². The Morgan fingerprint density at radius 1 is 1.50 bits per heavy atom. The van der Waals surface area contributed by atoms with Crippen LogP contribution in [0.2, 0.25) is 0 Å². The van der Waals surface area contributed by atoms with Crippen molar-refractivity contribution in [3.63, 3.8) is 0 Å². The van der Waals surface area contributed by atoms with Gasteiger partial charge in [-0.25, -0.2) is 0 Å². The summed E-state index contributed by atoms with van der Waals surface area (Å²) >= 11 is 1.48. The standard InChI is InChI=1S/C12H17N3O2S/c16-11(15-10-1-4-13-7-10)2-5-14-12(17)9-3-6-18-8-9/h3,6,8,10,13H,1-2,4-5,7H2,(H,14,17)(H,15,16). The fraction of sp³-hybridized carbons (Fsp3) is 0.500. The molecule has 98 valence electrons. The molecule has 0 saturated carbocycles. The van der Waals surface area contributed by atoms with Crippen molar-refractivity contribution in [1.29, 1.82) is 0 Å². The van der Waals surface area contributed by atoms with E-state index in [0.717, 1.165) is 19.5 Å². The van der Waals surface area contributed by atoms with Crippen molar-refractivity contribution in [3.8, 4) is 0 Å². The van der Waals surface area contributed by atoms with Crippen LogP contribution < -0.4 is 16.0 Å². The molecule has 0 radical (unpaired) electrons. The van der Waals surface area contributed by atoms with Crippen molar-refractivity contribution in [1.82, 2.24) is 16.0 Å². The fourth-order valence-corrected chi connectivity index (χ4v) is 2.50. The van der Waals surface area contributed by atoms with E-state index in [4.69, 9.17) is 0 Å². The third kappa shape index (κ3) is 3.82. The average Bonchev–Trinajstić information content (AvgIpc) is 3.00. The van der Waals surface area contributed by atoms with Gasteiger partial charge in [0, 0.05) is 36.5 Å². The molecule has 5 nitrogen and oxygen atoms in total. The van der Waals surface area contributed by atoms with Gasteiger partial charge in [0.2, 0.25) is 5.91 Å². The summed E-state index contributed by atoms with van der Waals surface area (Å²) in [4.78, 5) is 23.2.